The number of sulfone groups is 1. The second kappa shape index (κ2) is 5.05. The van der Waals surface area contributed by atoms with Crippen LogP contribution in [0.1, 0.15) is 39.5 Å². The maximum atomic E-state index is 11.7. The molecule has 19 heavy (non-hydrogen) atoms. The van der Waals surface area contributed by atoms with Gasteiger partial charge in [-0.25, -0.2) is 8.42 Å². The Morgan fingerprint density at radius 1 is 1.42 bits per heavy atom. The second-order valence-electron chi connectivity index (χ2n) is 6.50. The van der Waals surface area contributed by atoms with E-state index in [0.717, 1.165) is 19.3 Å². The SMILES string of the molecule is CC1(C)CCCC1N1CCS(=O)(=O)CC1CC(=O)O. The van der Waals surface area contributed by atoms with Crippen LogP contribution in [-0.2, 0) is 14.6 Å². The van der Waals surface area contributed by atoms with E-state index in [1.54, 1.807) is 0 Å². The Morgan fingerprint density at radius 3 is 2.63 bits per heavy atom. The summed E-state index contributed by atoms with van der Waals surface area (Å²) in [5, 5.41) is 9.01. The van der Waals surface area contributed by atoms with E-state index in [9.17, 15) is 13.2 Å². The minimum atomic E-state index is -3.08. The molecule has 6 heteroatoms. The standard InChI is InChI=1S/C13H23NO4S/c1-13(2)5-3-4-11(13)14-6-7-19(17,18)9-10(14)8-12(15)16/h10-11H,3-9H2,1-2H3,(H,15,16). The van der Waals surface area contributed by atoms with Gasteiger partial charge in [-0.2, -0.15) is 0 Å². The first kappa shape index (κ1) is 14.8. The van der Waals surface area contributed by atoms with Crippen LogP contribution in [0, 0.1) is 5.41 Å². The number of hydrogen-bond donors (Lipinski definition) is 1. The number of hydrogen-bond acceptors (Lipinski definition) is 4. The molecule has 5 nitrogen and oxygen atoms in total. The van der Waals surface area contributed by atoms with Crippen LogP contribution in [0.15, 0.2) is 0 Å². The summed E-state index contributed by atoms with van der Waals surface area (Å²) >= 11 is 0. The number of aliphatic carboxylic acids is 1. The van der Waals surface area contributed by atoms with Crippen molar-refractivity contribution >= 4 is 15.8 Å². The summed E-state index contributed by atoms with van der Waals surface area (Å²) in [6.45, 7) is 4.88. The van der Waals surface area contributed by atoms with Crippen molar-refractivity contribution in [3.05, 3.63) is 0 Å². The summed E-state index contributed by atoms with van der Waals surface area (Å²) in [6.07, 6.45) is 3.23. The molecule has 2 aliphatic rings. The molecule has 1 heterocycles. The van der Waals surface area contributed by atoms with Gasteiger partial charge in [0.1, 0.15) is 0 Å². The molecule has 1 aliphatic carbocycles. The zero-order valence-electron chi connectivity index (χ0n) is 11.6. The van der Waals surface area contributed by atoms with Crippen LogP contribution in [0.5, 0.6) is 0 Å². The summed E-state index contributed by atoms with van der Waals surface area (Å²) in [5.41, 5.74) is 0.151. The lowest BCUT2D eigenvalue weighted by molar-refractivity contribution is -0.138. The van der Waals surface area contributed by atoms with E-state index >= 15 is 0 Å². The highest BCUT2D eigenvalue weighted by molar-refractivity contribution is 7.91. The van der Waals surface area contributed by atoms with Gasteiger partial charge in [-0.15, -0.1) is 0 Å². The molecule has 1 saturated carbocycles. The number of carbonyl (C=O) groups is 1. The molecule has 2 rings (SSSR count). The zero-order chi connectivity index (χ0) is 14.3. The van der Waals surface area contributed by atoms with Gasteiger partial charge >= 0.3 is 5.97 Å². The summed E-state index contributed by atoms with van der Waals surface area (Å²) in [7, 11) is -3.08. The van der Waals surface area contributed by atoms with E-state index in [4.69, 9.17) is 5.11 Å². The van der Waals surface area contributed by atoms with Gasteiger partial charge in [-0.3, -0.25) is 9.69 Å². The van der Waals surface area contributed by atoms with Crippen LogP contribution in [-0.4, -0.2) is 54.5 Å². The van der Waals surface area contributed by atoms with Crippen molar-refractivity contribution in [1.82, 2.24) is 4.90 Å². The Hall–Kier alpha value is -0.620. The zero-order valence-corrected chi connectivity index (χ0v) is 12.4. The first-order valence-electron chi connectivity index (χ1n) is 6.89. The molecule has 1 aliphatic heterocycles. The smallest absolute Gasteiger partial charge is 0.304 e. The summed E-state index contributed by atoms with van der Waals surface area (Å²) < 4.78 is 23.5. The van der Waals surface area contributed by atoms with Crippen LogP contribution < -0.4 is 0 Å². The Balaban J connectivity index is 2.19. The van der Waals surface area contributed by atoms with E-state index in [2.05, 4.69) is 18.7 Å². The molecule has 0 aromatic heterocycles. The van der Waals surface area contributed by atoms with Crippen LogP contribution in [0.4, 0.5) is 0 Å². The molecule has 0 amide bonds. The Labute approximate surface area is 114 Å². The molecule has 2 atom stereocenters. The van der Waals surface area contributed by atoms with Gasteiger partial charge in [0.05, 0.1) is 17.9 Å². The average Bonchev–Trinajstić information content (AvgIpc) is 2.56. The molecule has 0 aromatic carbocycles. The lowest BCUT2D eigenvalue weighted by Gasteiger charge is -2.44. The summed E-state index contributed by atoms with van der Waals surface area (Å²) in [4.78, 5) is 13.1. The average molecular weight is 289 g/mol. The largest absolute Gasteiger partial charge is 0.481 e. The second-order valence-corrected chi connectivity index (χ2v) is 8.73. The van der Waals surface area contributed by atoms with Gasteiger partial charge in [0, 0.05) is 18.6 Å². The van der Waals surface area contributed by atoms with E-state index in [-0.39, 0.29) is 29.4 Å². The first-order valence-corrected chi connectivity index (χ1v) is 8.71. The van der Waals surface area contributed by atoms with E-state index < -0.39 is 15.8 Å². The molecule has 0 radical (unpaired) electrons. The van der Waals surface area contributed by atoms with Crippen LogP contribution >= 0.6 is 0 Å². The third-order valence-electron chi connectivity index (χ3n) is 4.59. The monoisotopic (exact) mass is 289 g/mol. The summed E-state index contributed by atoms with van der Waals surface area (Å²) in [5.74, 6) is -0.760. The van der Waals surface area contributed by atoms with Crippen molar-refractivity contribution in [2.24, 2.45) is 5.41 Å². The van der Waals surface area contributed by atoms with Crippen LogP contribution in [0.2, 0.25) is 0 Å². The topological polar surface area (TPSA) is 74.7 Å². The molecular weight excluding hydrogens is 266 g/mol. The van der Waals surface area contributed by atoms with Crippen molar-refractivity contribution in [2.75, 3.05) is 18.1 Å². The third-order valence-corrected chi connectivity index (χ3v) is 6.28. The Morgan fingerprint density at radius 2 is 2.11 bits per heavy atom. The van der Waals surface area contributed by atoms with Crippen molar-refractivity contribution < 1.29 is 18.3 Å². The van der Waals surface area contributed by atoms with E-state index in [1.165, 1.54) is 0 Å². The lowest BCUT2D eigenvalue weighted by atomic mass is 9.85. The highest BCUT2D eigenvalue weighted by Crippen LogP contribution is 2.42. The fraction of sp³-hybridized carbons (Fsp3) is 0.923. The van der Waals surface area contributed by atoms with Crippen molar-refractivity contribution in [3.8, 4) is 0 Å². The van der Waals surface area contributed by atoms with Crippen LogP contribution in [0.3, 0.4) is 0 Å². The van der Waals surface area contributed by atoms with Gasteiger partial charge in [-0.05, 0) is 18.3 Å². The summed E-state index contributed by atoms with van der Waals surface area (Å²) in [6, 6.07) is -0.0500. The number of nitrogens with zero attached hydrogens (tertiary/aromatic N) is 1. The van der Waals surface area contributed by atoms with Crippen LogP contribution in [0.25, 0.3) is 0 Å². The third kappa shape index (κ3) is 3.28. The molecule has 2 fully saturated rings. The molecule has 110 valence electrons. The van der Waals surface area contributed by atoms with Gasteiger partial charge in [-0.1, -0.05) is 20.3 Å². The molecule has 0 aromatic rings. The van der Waals surface area contributed by atoms with Gasteiger partial charge < -0.3 is 5.11 Å². The predicted octanol–water partition coefficient (Wildman–Crippen LogP) is 1.14. The fourth-order valence-electron chi connectivity index (χ4n) is 3.61. The molecule has 0 spiro atoms. The van der Waals surface area contributed by atoms with Crippen molar-refractivity contribution in [3.63, 3.8) is 0 Å². The molecule has 2 unspecified atom stereocenters. The highest BCUT2D eigenvalue weighted by Gasteiger charge is 2.44. The quantitative estimate of drug-likeness (QED) is 0.843. The first-order chi connectivity index (χ1) is 8.71. The van der Waals surface area contributed by atoms with Gasteiger partial charge in [0.15, 0.2) is 9.84 Å². The number of carboxylic acids is 1. The maximum absolute atomic E-state index is 11.7. The van der Waals surface area contributed by atoms with Crippen molar-refractivity contribution in [2.45, 2.75) is 51.6 Å². The number of rotatable bonds is 3. The van der Waals surface area contributed by atoms with Gasteiger partial charge in [0.2, 0.25) is 0 Å². The molecule has 1 N–H and O–H groups in total. The highest BCUT2D eigenvalue weighted by atomic mass is 32.2. The molecule has 1 saturated heterocycles. The molecule has 0 bridgehead atoms. The Kier molecular flexibility index (Phi) is 3.93. The van der Waals surface area contributed by atoms with Crippen molar-refractivity contribution in [1.29, 1.82) is 0 Å². The fourth-order valence-corrected chi connectivity index (χ4v) is 5.16. The van der Waals surface area contributed by atoms with Gasteiger partial charge in [0.25, 0.3) is 0 Å². The van der Waals surface area contributed by atoms with E-state index in [1.807, 2.05) is 0 Å². The minimum absolute atomic E-state index is 0.00806. The normalized spacial score (nSPS) is 34.2. The van der Waals surface area contributed by atoms with E-state index in [0.29, 0.717) is 12.6 Å². The molecular formula is C13H23NO4S. The lowest BCUT2D eigenvalue weighted by Crippen LogP contribution is -2.56. The number of carboxylic acid groups (broad SMARTS) is 1. The maximum Gasteiger partial charge on any atom is 0.304 e. The minimum Gasteiger partial charge on any atom is -0.481 e. The Bertz CT molecular complexity index is 457. The predicted molar refractivity (Wildman–Crippen MR) is 72.8 cm³/mol.